The van der Waals surface area contributed by atoms with Crippen LogP contribution in [0.4, 0.5) is 0 Å². The van der Waals surface area contributed by atoms with Crippen LogP contribution in [0.15, 0.2) is 0 Å². The topological polar surface area (TPSA) is 15.3 Å². The summed E-state index contributed by atoms with van der Waals surface area (Å²) in [5.74, 6) is 1.79. The second-order valence-corrected chi connectivity index (χ2v) is 5.71. The SMILES string of the molecule is CCC1CN(C)CCC12CCNCC2C. The summed E-state index contributed by atoms with van der Waals surface area (Å²) < 4.78 is 0. The van der Waals surface area contributed by atoms with Gasteiger partial charge in [-0.25, -0.2) is 0 Å². The highest BCUT2D eigenvalue weighted by atomic mass is 15.1. The number of piperidine rings is 2. The fourth-order valence-corrected chi connectivity index (χ4v) is 3.86. The second kappa shape index (κ2) is 4.42. The van der Waals surface area contributed by atoms with E-state index in [-0.39, 0.29) is 0 Å². The maximum absolute atomic E-state index is 3.55. The first-order chi connectivity index (χ1) is 7.19. The van der Waals surface area contributed by atoms with Gasteiger partial charge in [-0.15, -0.1) is 0 Å². The van der Waals surface area contributed by atoms with Crippen molar-refractivity contribution in [2.24, 2.45) is 17.3 Å². The maximum atomic E-state index is 3.55. The van der Waals surface area contributed by atoms with Gasteiger partial charge in [0.15, 0.2) is 0 Å². The Bertz CT molecular complexity index is 217. The van der Waals surface area contributed by atoms with Crippen molar-refractivity contribution in [3.8, 4) is 0 Å². The highest BCUT2D eigenvalue weighted by Crippen LogP contribution is 2.48. The van der Waals surface area contributed by atoms with Crippen molar-refractivity contribution in [2.45, 2.75) is 33.1 Å². The minimum Gasteiger partial charge on any atom is -0.316 e. The van der Waals surface area contributed by atoms with Gasteiger partial charge in [0.1, 0.15) is 0 Å². The molecule has 0 aliphatic carbocycles. The van der Waals surface area contributed by atoms with Crippen LogP contribution in [0.1, 0.15) is 33.1 Å². The van der Waals surface area contributed by atoms with Crippen LogP contribution in [0, 0.1) is 17.3 Å². The fraction of sp³-hybridized carbons (Fsp3) is 1.00. The molecule has 1 N–H and O–H groups in total. The third kappa shape index (κ3) is 1.94. The lowest BCUT2D eigenvalue weighted by atomic mass is 9.59. The third-order valence-corrected chi connectivity index (χ3v) is 5.00. The van der Waals surface area contributed by atoms with Crippen molar-refractivity contribution < 1.29 is 0 Å². The number of hydrogen-bond acceptors (Lipinski definition) is 2. The number of likely N-dealkylation sites (tertiary alicyclic amines) is 1. The van der Waals surface area contributed by atoms with Gasteiger partial charge in [0.25, 0.3) is 0 Å². The van der Waals surface area contributed by atoms with Crippen molar-refractivity contribution in [1.82, 2.24) is 10.2 Å². The molecule has 2 heterocycles. The summed E-state index contributed by atoms with van der Waals surface area (Å²) in [6, 6.07) is 0. The molecule has 0 aromatic rings. The van der Waals surface area contributed by atoms with E-state index in [1.807, 2.05) is 0 Å². The predicted octanol–water partition coefficient (Wildman–Crippen LogP) is 1.96. The van der Waals surface area contributed by atoms with Gasteiger partial charge >= 0.3 is 0 Å². The predicted molar refractivity (Wildman–Crippen MR) is 65.0 cm³/mol. The molecule has 2 heteroatoms. The van der Waals surface area contributed by atoms with E-state index in [4.69, 9.17) is 0 Å². The lowest BCUT2D eigenvalue weighted by molar-refractivity contribution is -0.0246. The molecule has 15 heavy (non-hydrogen) atoms. The van der Waals surface area contributed by atoms with E-state index in [1.54, 1.807) is 0 Å². The number of hydrogen-bond donors (Lipinski definition) is 1. The molecule has 0 radical (unpaired) electrons. The molecule has 2 aliphatic rings. The summed E-state index contributed by atoms with van der Waals surface area (Å²) in [6.07, 6.45) is 4.18. The Kier molecular flexibility index (Phi) is 3.36. The van der Waals surface area contributed by atoms with Crippen LogP contribution in [0.3, 0.4) is 0 Å². The van der Waals surface area contributed by atoms with Gasteiger partial charge in [0.2, 0.25) is 0 Å². The van der Waals surface area contributed by atoms with Crippen molar-refractivity contribution in [2.75, 3.05) is 33.2 Å². The van der Waals surface area contributed by atoms with Crippen LogP contribution in [0.25, 0.3) is 0 Å². The van der Waals surface area contributed by atoms with Gasteiger partial charge < -0.3 is 10.2 Å². The van der Waals surface area contributed by atoms with E-state index < -0.39 is 0 Å². The van der Waals surface area contributed by atoms with Gasteiger partial charge in [0, 0.05) is 6.54 Å². The van der Waals surface area contributed by atoms with Crippen molar-refractivity contribution in [3.63, 3.8) is 0 Å². The van der Waals surface area contributed by atoms with E-state index in [1.165, 1.54) is 45.4 Å². The maximum Gasteiger partial charge on any atom is 0.00119 e. The van der Waals surface area contributed by atoms with Crippen LogP contribution in [0.5, 0.6) is 0 Å². The smallest absolute Gasteiger partial charge is 0.00119 e. The molecule has 2 aliphatic heterocycles. The first kappa shape index (κ1) is 11.4. The van der Waals surface area contributed by atoms with E-state index in [2.05, 4.69) is 31.1 Å². The van der Waals surface area contributed by atoms with Crippen LogP contribution in [0.2, 0.25) is 0 Å². The Morgan fingerprint density at radius 3 is 2.87 bits per heavy atom. The average Bonchev–Trinajstić information content (AvgIpc) is 2.25. The number of nitrogens with one attached hydrogen (secondary N) is 1. The summed E-state index contributed by atoms with van der Waals surface area (Å²) >= 11 is 0. The third-order valence-electron chi connectivity index (χ3n) is 5.00. The zero-order chi connectivity index (χ0) is 10.9. The van der Waals surface area contributed by atoms with Crippen molar-refractivity contribution >= 4 is 0 Å². The summed E-state index contributed by atoms with van der Waals surface area (Å²) in [7, 11) is 2.28. The Labute approximate surface area is 94.4 Å². The van der Waals surface area contributed by atoms with Crippen LogP contribution >= 0.6 is 0 Å². The zero-order valence-electron chi connectivity index (χ0n) is 10.6. The van der Waals surface area contributed by atoms with Crippen molar-refractivity contribution in [3.05, 3.63) is 0 Å². The fourth-order valence-electron chi connectivity index (χ4n) is 3.86. The minimum absolute atomic E-state index is 0.659. The molecule has 3 unspecified atom stereocenters. The monoisotopic (exact) mass is 210 g/mol. The summed E-state index contributed by atoms with van der Waals surface area (Å²) in [5.41, 5.74) is 0.659. The van der Waals surface area contributed by atoms with Crippen LogP contribution in [-0.2, 0) is 0 Å². The van der Waals surface area contributed by atoms with Crippen LogP contribution in [-0.4, -0.2) is 38.1 Å². The molecule has 88 valence electrons. The molecule has 0 bridgehead atoms. The van der Waals surface area contributed by atoms with Crippen LogP contribution < -0.4 is 5.32 Å². The molecular weight excluding hydrogens is 184 g/mol. The van der Waals surface area contributed by atoms with Gasteiger partial charge in [-0.05, 0) is 56.8 Å². The lowest BCUT2D eigenvalue weighted by Crippen LogP contribution is -2.54. The molecule has 2 rings (SSSR count). The quantitative estimate of drug-likeness (QED) is 0.712. The first-order valence-corrected chi connectivity index (χ1v) is 6.58. The molecule has 0 aromatic carbocycles. The summed E-state index contributed by atoms with van der Waals surface area (Å²) in [4.78, 5) is 2.52. The Balaban J connectivity index is 2.15. The Morgan fingerprint density at radius 1 is 1.40 bits per heavy atom. The molecule has 2 saturated heterocycles. The largest absolute Gasteiger partial charge is 0.316 e. The second-order valence-electron chi connectivity index (χ2n) is 5.71. The highest BCUT2D eigenvalue weighted by molar-refractivity contribution is 4.97. The molecule has 3 atom stereocenters. The van der Waals surface area contributed by atoms with E-state index in [0.717, 1.165) is 11.8 Å². The minimum atomic E-state index is 0.659. The standard InChI is InChI=1S/C13H26N2/c1-4-12-10-15(3)8-6-13(12)5-7-14-9-11(13)2/h11-12,14H,4-10H2,1-3H3. The molecule has 2 nitrogen and oxygen atoms in total. The summed E-state index contributed by atoms with van der Waals surface area (Å²) in [6.45, 7) is 9.94. The van der Waals surface area contributed by atoms with Gasteiger partial charge in [-0.1, -0.05) is 20.3 Å². The highest BCUT2D eigenvalue weighted by Gasteiger charge is 2.45. The van der Waals surface area contributed by atoms with Gasteiger partial charge in [-0.3, -0.25) is 0 Å². The van der Waals surface area contributed by atoms with E-state index in [9.17, 15) is 0 Å². The zero-order valence-corrected chi connectivity index (χ0v) is 10.6. The lowest BCUT2D eigenvalue weighted by Gasteiger charge is -2.53. The molecule has 2 fully saturated rings. The molecule has 0 aromatic heterocycles. The van der Waals surface area contributed by atoms with E-state index >= 15 is 0 Å². The normalized spacial score (nSPS) is 43.4. The molecule has 1 spiro atoms. The Morgan fingerprint density at radius 2 is 2.20 bits per heavy atom. The van der Waals surface area contributed by atoms with Gasteiger partial charge in [0.05, 0.1) is 0 Å². The molecule has 0 saturated carbocycles. The summed E-state index contributed by atoms with van der Waals surface area (Å²) in [5, 5.41) is 3.55. The first-order valence-electron chi connectivity index (χ1n) is 6.58. The average molecular weight is 210 g/mol. The van der Waals surface area contributed by atoms with Crippen molar-refractivity contribution in [1.29, 1.82) is 0 Å². The Hall–Kier alpha value is -0.0800. The van der Waals surface area contributed by atoms with Gasteiger partial charge in [-0.2, -0.15) is 0 Å². The van der Waals surface area contributed by atoms with E-state index in [0.29, 0.717) is 5.41 Å². The number of nitrogens with zero attached hydrogens (tertiary/aromatic N) is 1. The number of rotatable bonds is 1. The molecular formula is C13H26N2. The molecule has 0 amide bonds.